The molecule has 0 N–H and O–H groups in total. The number of oxazole rings is 1. The highest BCUT2D eigenvalue weighted by Crippen LogP contribution is 2.33. The summed E-state index contributed by atoms with van der Waals surface area (Å²) in [5, 5.41) is 0. The van der Waals surface area contributed by atoms with Crippen molar-refractivity contribution in [1.82, 2.24) is 4.98 Å². The van der Waals surface area contributed by atoms with Crippen LogP contribution in [0.1, 0.15) is 6.92 Å². The minimum atomic E-state index is -4.96. The topological polar surface area (TPSA) is 64.8 Å². The lowest BCUT2D eigenvalue weighted by atomic mass is 10.2. The molecule has 0 atom stereocenters. The van der Waals surface area contributed by atoms with Crippen LogP contribution in [0.3, 0.4) is 0 Å². The average molecular weight is 394 g/mol. The van der Waals surface area contributed by atoms with Gasteiger partial charge in [0.05, 0.1) is 14.2 Å². The molecular weight excluding hydrogens is 377 g/mol. The van der Waals surface area contributed by atoms with Gasteiger partial charge in [-0.15, -0.1) is 0 Å². The van der Waals surface area contributed by atoms with Crippen molar-refractivity contribution in [2.24, 2.45) is 0 Å². The zero-order valence-electron chi connectivity index (χ0n) is 15.3. The second-order valence-electron chi connectivity index (χ2n) is 5.82. The van der Waals surface area contributed by atoms with Crippen LogP contribution < -0.4 is 14.4 Å². The van der Waals surface area contributed by atoms with Crippen LogP contribution in [-0.2, 0) is 4.79 Å². The van der Waals surface area contributed by atoms with Gasteiger partial charge in [-0.05, 0) is 37.3 Å². The number of carbonyl (C=O) groups excluding carboxylic acids is 1. The fourth-order valence-corrected chi connectivity index (χ4v) is 2.73. The number of anilines is 1. The van der Waals surface area contributed by atoms with Gasteiger partial charge in [0.2, 0.25) is 5.89 Å². The van der Waals surface area contributed by atoms with Crippen molar-refractivity contribution in [3.8, 4) is 23.0 Å². The Hall–Kier alpha value is -3.23. The third-order valence-corrected chi connectivity index (χ3v) is 4.09. The number of rotatable bonds is 5. The van der Waals surface area contributed by atoms with Gasteiger partial charge in [-0.25, -0.2) is 4.98 Å². The Morgan fingerprint density at radius 3 is 2.29 bits per heavy atom. The van der Waals surface area contributed by atoms with Crippen LogP contribution in [0.2, 0.25) is 0 Å². The number of benzene rings is 2. The molecule has 0 unspecified atom stereocenters. The van der Waals surface area contributed by atoms with E-state index >= 15 is 0 Å². The van der Waals surface area contributed by atoms with E-state index in [0.717, 1.165) is 0 Å². The summed E-state index contributed by atoms with van der Waals surface area (Å²) >= 11 is 0. The third kappa shape index (κ3) is 3.73. The minimum absolute atomic E-state index is 0.0837. The maximum absolute atomic E-state index is 12.8. The fraction of sp³-hybridized carbons (Fsp3) is 0.263. The molecule has 6 nitrogen and oxygen atoms in total. The monoisotopic (exact) mass is 394 g/mol. The molecule has 9 heteroatoms. The molecular formula is C19H17F3N2O4. The van der Waals surface area contributed by atoms with E-state index in [1.807, 2.05) is 0 Å². The average Bonchev–Trinajstić information content (AvgIpc) is 3.10. The molecule has 0 spiro atoms. The first kappa shape index (κ1) is 19.5. The Bertz CT molecular complexity index is 992. The van der Waals surface area contributed by atoms with Crippen LogP contribution in [0.4, 0.5) is 18.9 Å². The highest BCUT2D eigenvalue weighted by molar-refractivity contribution is 5.98. The summed E-state index contributed by atoms with van der Waals surface area (Å²) in [6.07, 6.45) is -4.96. The molecule has 0 radical (unpaired) electrons. The van der Waals surface area contributed by atoms with E-state index in [2.05, 4.69) is 4.98 Å². The summed E-state index contributed by atoms with van der Waals surface area (Å²) in [4.78, 5) is 16.6. The number of halogens is 3. The van der Waals surface area contributed by atoms with E-state index < -0.39 is 12.1 Å². The minimum Gasteiger partial charge on any atom is -0.497 e. The van der Waals surface area contributed by atoms with Crippen LogP contribution in [0, 0.1) is 0 Å². The number of hydrogen-bond acceptors (Lipinski definition) is 5. The number of ether oxygens (including phenoxy) is 2. The lowest BCUT2D eigenvalue weighted by Crippen LogP contribution is -2.41. The molecule has 2 aromatic carbocycles. The van der Waals surface area contributed by atoms with Crippen molar-refractivity contribution in [3.63, 3.8) is 0 Å². The van der Waals surface area contributed by atoms with Gasteiger partial charge in [0, 0.05) is 23.9 Å². The van der Waals surface area contributed by atoms with Crippen molar-refractivity contribution < 1.29 is 31.9 Å². The standard InChI is InChI=1S/C19H17F3N2O4/c1-4-24(18(25)19(20,21)22)12-5-6-16-15(9-12)23-17(28-16)11-7-13(26-2)10-14(8-11)27-3/h5-10H,4H2,1-3H3. The van der Waals surface area contributed by atoms with Gasteiger partial charge in [-0.1, -0.05) is 0 Å². The summed E-state index contributed by atoms with van der Waals surface area (Å²) in [5.74, 6) is -0.624. The predicted octanol–water partition coefficient (Wildman–Crippen LogP) is 4.43. The first-order valence-electron chi connectivity index (χ1n) is 8.29. The molecule has 0 aliphatic heterocycles. The van der Waals surface area contributed by atoms with Crippen LogP contribution >= 0.6 is 0 Å². The normalized spacial score (nSPS) is 11.5. The van der Waals surface area contributed by atoms with Crippen LogP contribution in [-0.4, -0.2) is 37.8 Å². The van der Waals surface area contributed by atoms with Gasteiger partial charge in [0.1, 0.15) is 17.0 Å². The van der Waals surface area contributed by atoms with E-state index in [1.165, 1.54) is 39.3 Å². The summed E-state index contributed by atoms with van der Waals surface area (Å²) in [6, 6.07) is 9.32. The van der Waals surface area contributed by atoms with Crippen LogP contribution in [0.15, 0.2) is 40.8 Å². The van der Waals surface area contributed by atoms with Crippen molar-refractivity contribution in [2.75, 3.05) is 25.7 Å². The Morgan fingerprint density at radius 1 is 1.11 bits per heavy atom. The summed E-state index contributed by atoms with van der Waals surface area (Å²) < 4.78 is 54.5. The highest BCUT2D eigenvalue weighted by Gasteiger charge is 2.42. The molecule has 1 heterocycles. The van der Waals surface area contributed by atoms with Crippen molar-refractivity contribution in [1.29, 1.82) is 0 Å². The molecule has 0 aliphatic rings. The number of alkyl halides is 3. The van der Waals surface area contributed by atoms with Gasteiger partial charge in [0.25, 0.3) is 0 Å². The Morgan fingerprint density at radius 2 is 1.75 bits per heavy atom. The zero-order valence-corrected chi connectivity index (χ0v) is 15.3. The van der Waals surface area contributed by atoms with Crippen LogP contribution in [0.5, 0.6) is 11.5 Å². The first-order chi connectivity index (χ1) is 13.3. The van der Waals surface area contributed by atoms with Crippen molar-refractivity contribution in [2.45, 2.75) is 13.1 Å². The summed E-state index contributed by atoms with van der Waals surface area (Å²) in [6.45, 7) is 1.33. The summed E-state index contributed by atoms with van der Waals surface area (Å²) in [7, 11) is 3.02. The van der Waals surface area contributed by atoms with Gasteiger partial charge < -0.3 is 18.8 Å². The Labute approximate surface area is 158 Å². The Balaban J connectivity index is 2.03. The third-order valence-electron chi connectivity index (χ3n) is 4.09. The molecule has 3 aromatic rings. The van der Waals surface area contributed by atoms with Gasteiger partial charge >= 0.3 is 12.1 Å². The molecule has 3 rings (SSSR count). The highest BCUT2D eigenvalue weighted by atomic mass is 19.4. The van der Waals surface area contributed by atoms with Crippen LogP contribution in [0.25, 0.3) is 22.6 Å². The number of aromatic nitrogens is 1. The molecule has 0 aliphatic carbocycles. The maximum atomic E-state index is 12.8. The second-order valence-corrected chi connectivity index (χ2v) is 5.82. The summed E-state index contributed by atoms with van der Waals surface area (Å²) in [5.41, 5.74) is 1.35. The molecule has 0 bridgehead atoms. The van der Waals surface area contributed by atoms with Gasteiger partial charge in [-0.3, -0.25) is 4.79 Å². The lowest BCUT2D eigenvalue weighted by Gasteiger charge is -2.21. The van der Waals surface area contributed by atoms with Crippen molar-refractivity contribution in [3.05, 3.63) is 36.4 Å². The quantitative estimate of drug-likeness (QED) is 0.641. The molecule has 0 saturated carbocycles. The number of amides is 1. The van der Waals surface area contributed by atoms with E-state index in [-0.39, 0.29) is 18.1 Å². The first-order valence-corrected chi connectivity index (χ1v) is 8.29. The molecule has 0 fully saturated rings. The molecule has 0 saturated heterocycles. The van der Waals surface area contributed by atoms with E-state index in [4.69, 9.17) is 13.9 Å². The zero-order chi connectivity index (χ0) is 20.5. The number of carbonyl (C=O) groups is 1. The number of methoxy groups -OCH3 is 2. The van der Waals surface area contributed by atoms with Crippen molar-refractivity contribution >= 4 is 22.7 Å². The lowest BCUT2D eigenvalue weighted by molar-refractivity contribution is -0.170. The smallest absolute Gasteiger partial charge is 0.471 e. The van der Waals surface area contributed by atoms with E-state index in [1.54, 1.807) is 18.2 Å². The van der Waals surface area contributed by atoms with Gasteiger partial charge in [0.15, 0.2) is 5.58 Å². The second kappa shape index (κ2) is 7.41. The largest absolute Gasteiger partial charge is 0.497 e. The molecule has 1 amide bonds. The number of nitrogens with zero attached hydrogens (tertiary/aromatic N) is 2. The van der Waals surface area contributed by atoms with E-state index in [0.29, 0.717) is 33.1 Å². The number of hydrogen-bond donors (Lipinski definition) is 0. The van der Waals surface area contributed by atoms with E-state index in [9.17, 15) is 18.0 Å². The number of fused-ring (bicyclic) bond motifs is 1. The fourth-order valence-electron chi connectivity index (χ4n) is 2.73. The SMILES string of the molecule is CCN(C(=O)C(F)(F)F)c1ccc2oc(-c3cc(OC)cc(OC)c3)nc2c1. The predicted molar refractivity (Wildman–Crippen MR) is 96.6 cm³/mol. The molecule has 28 heavy (non-hydrogen) atoms. The maximum Gasteiger partial charge on any atom is 0.471 e. The molecule has 148 valence electrons. The van der Waals surface area contributed by atoms with Gasteiger partial charge in [-0.2, -0.15) is 13.2 Å². The molecule has 1 aromatic heterocycles. The Kier molecular flexibility index (Phi) is 5.17.